The predicted molar refractivity (Wildman–Crippen MR) is 131 cm³/mol. The van der Waals surface area contributed by atoms with Gasteiger partial charge in [0.2, 0.25) is 5.91 Å². The summed E-state index contributed by atoms with van der Waals surface area (Å²) in [5.74, 6) is 1.66. The molecule has 2 aliphatic heterocycles. The quantitative estimate of drug-likeness (QED) is 0.266. The minimum atomic E-state index is 0. The smallest absolute Gasteiger partial charge is 0.222 e. The number of rotatable bonds is 6. The molecule has 162 valence electrons. The van der Waals surface area contributed by atoms with Crippen molar-refractivity contribution in [2.24, 2.45) is 4.99 Å². The van der Waals surface area contributed by atoms with Crippen molar-refractivity contribution in [2.45, 2.75) is 51.5 Å². The molecule has 1 aromatic carbocycles. The van der Waals surface area contributed by atoms with Gasteiger partial charge in [0, 0.05) is 63.3 Å². The Kier molecular flexibility index (Phi) is 8.75. The SMILES string of the molecule is CN=C(NCCNC(C)(C)C)N1CC(CCN2CCCC2=O)c2ccccc21.I. The van der Waals surface area contributed by atoms with Gasteiger partial charge in [0.1, 0.15) is 0 Å². The predicted octanol–water partition coefficient (Wildman–Crippen LogP) is 3.18. The molecular weight excluding hydrogens is 477 g/mol. The van der Waals surface area contributed by atoms with Gasteiger partial charge in [-0.25, -0.2) is 0 Å². The van der Waals surface area contributed by atoms with E-state index in [0.29, 0.717) is 18.2 Å². The minimum Gasteiger partial charge on any atom is -0.355 e. The highest BCUT2D eigenvalue weighted by atomic mass is 127. The lowest BCUT2D eigenvalue weighted by atomic mass is 9.98. The number of hydrogen-bond acceptors (Lipinski definition) is 3. The van der Waals surface area contributed by atoms with Crippen LogP contribution in [-0.4, -0.2) is 62.1 Å². The molecule has 1 atom stereocenters. The zero-order valence-electron chi connectivity index (χ0n) is 18.2. The Bertz CT molecular complexity index is 715. The third-order valence-corrected chi connectivity index (χ3v) is 5.52. The number of likely N-dealkylation sites (tertiary alicyclic amines) is 1. The maximum absolute atomic E-state index is 11.9. The molecule has 2 aliphatic rings. The molecule has 6 nitrogen and oxygen atoms in total. The van der Waals surface area contributed by atoms with Crippen LogP contribution >= 0.6 is 24.0 Å². The number of amides is 1. The van der Waals surface area contributed by atoms with Crippen molar-refractivity contribution in [1.82, 2.24) is 15.5 Å². The molecular formula is C22H36IN5O. The molecule has 2 heterocycles. The van der Waals surface area contributed by atoms with E-state index in [4.69, 9.17) is 0 Å². The van der Waals surface area contributed by atoms with Crippen LogP contribution in [0.15, 0.2) is 29.3 Å². The van der Waals surface area contributed by atoms with Crippen LogP contribution in [0.2, 0.25) is 0 Å². The van der Waals surface area contributed by atoms with E-state index in [9.17, 15) is 4.79 Å². The second-order valence-electron chi connectivity index (χ2n) is 8.79. The monoisotopic (exact) mass is 513 g/mol. The number of anilines is 1. The van der Waals surface area contributed by atoms with Crippen molar-refractivity contribution in [1.29, 1.82) is 0 Å². The molecule has 1 aromatic rings. The number of benzene rings is 1. The Morgan fingerprint density at radius 1 is 1.24 bits per heavy atom. The van der Waals surface area contributed by atoms with Crippen LogP contribution < -0.4 is 15.5 Å². The maximum atomic E-state index is 11.9. The summed E-state index contributed by atoms with van der Waals surface area (Å²) in [5, 5.41) is 7.00. The summed E-state index contributed by atoms with van der Waals surface area (Å²) >= 11 is 0. The van der Waals surface area contributed by atoms with Crippen molar-refractivity contribution in [3.05, 3.63) is 29.8 Å². The van der Waals surface area contributed by atoms with Crippen LogP contribution in [0.4, 0.5) is 5.69 Å². The first-order valence-corrected chi connectivity index (χ1v) is 10.5. The minimum absolute atomic E-state index is 0. The van der Waals surface area contributed by atoms with Gasteiger partial charge < -0.3 is 20.4 Å². The van der Waals surface area contributed by atoms with Crippen molar-refractivity contribution in [3.63, 3.8) is 0 Å². The zero-order chi connectivity index (χ0) is 20.1. The number of halogens is 1. The van der Waals surface area contributed by atoms with Gasteiger partial charge in [0.25, 0.3) is 0 Å². The molecule has 0 aliphatic carbocycles. The van der Waals surface area contributed by atoms with Gasteiger partial charge in [-0.05, 0) is 45.2 Å². The molecule has 0 aromatic heterocycles. The first kappa shape index (κ1) is 23.9. The normalized spacial score (nSPS) is 19.4. The lowest BCUT2D eigenvalue weighted by Crippen LogP contribution is -2.46. The molecule has 7 heteroatoms. The van der Waals surface area contributed by atoms with Gasteiger partial charge in [-0.2, -0.15) is 0 Å². The van der Waals surface area contributed by atoms with Crippen LogP contribution in [-0.2, 0) is 4.79 Å². The molecule has 0 saturated carbocycles. The van der Waals surface area contributed by atoms with Crippen molar-refractivity contribution in [2.75, 3.05) is 44.7 Å². The van der Waals surface area contributed by atoms with E-state index in [0.717, 1.165) is 51.5 Å². The number of hydrogen-bond donors (Lipinski definition) is 2. The number of nitrogens with one attached hydrogen (secondary N) is 2. The van der Waals surface area contributed by atoms with Gasteiger partial charge >= 0.3 is 0 Å². The number of nitrogens with zero attached hydrogens (tertiary/aromatic N) is 3. The first-order chi connectivity index (χ1) is 13.4. The molecule has 2 N–H and O–H groups in total. The maximum Gasteiger partial charge on any atom is 0.222 e. The topological polar surface area (TPSA) is 60.0 Å². The van der Waals surface area contributed by atoms with Gasteiger partial charge in [-0.1, -0.05) is 18.2 Å². The summed E-state index contributed by atoms with van der Waals surface area (Å²) in [6.07, 6.45) is 2.72. The van der Waals surface area contributed by atoms with E-state index in [1.165, 1.54) is 11.3 Å². The lowest BCUT2D eigenvalue weighted by molar-refractivity contribution is -0.127. The van der Waals surface area contributed by atoms with E-state index >= 15 is 0 Å². The number of guanidine groups is 1. The largest absolute Gasteiger partial charge is 0.355 e. The van der Waals surface area contributed by atoms with Gasteiger partial charge in [0.15, 0.2) is 5.96 Å². The summed E-state index contributed by atoms with van der Waals surface area (Å²) in [7, 11) is 1.85. The Labute approximate surface area is 192 Å². The second-order valence-corrected chi connectivity index (χ2v) is 8.79. The molecule has 0 spiro atoms. The van der Waals surface area contributed by atoms with E-state index in [1.54, 1.807) is 0 Å². The third kappa shape index (κ3) is 6.31. The second kappa shape index (κ2) is 10.6. The Balaban J connectivity index is 0.00000300. The van der Waals surface area contributed by atoms with Crippen molar-refractivity contribution < 1.29 is 4.79 Å². The van der Waals surface area contributed by atoms with Crippen LogP contribution in [0.1, 0.15) is 51.5 Å². The summed E-state index contributed by atoms with van der Waals surface area (Å²) in [6, 6.07) is 8.60. The average Bonchev–Trinajstić information content (AvgIpc) is 3.23. The summed E-state index contributed by atoms with van der Waals surface area (Å²) in [5.41, 5.74) is 2.71. The van der Waals surface area contributed by atoms with Crippen LogP contribution in [0.3, 0.4) is 0 Å². The van der Waals surface area contributed by atoms with E-state index in [-0.39, 0.29) is 29.5 Å². The number of carbonyl (C=O) groups excluding carboxylic acids is 1. The summed E-state index contributed by atoms with van der Waals surface area (Å²) < 4.78 is 0. The standard InChI is InChI=1S/C22H35N5O.HI/c1-22(2,3)25-13-12-24-21(23-4)27-16-17(18-8-5-6-9-19(18)27)11-15-26-14-7-10-20(26)28;/h5-6,8-9,17,25H,7,10-16H2,1-4H3,(H,23,24);1H. The van der Waals surface area contributed by atoms with E-state index in [2.05, 4.69) is 65.6 Å². The van der Waals surface area contributed by atoms with Crippen molar-refractivity contribution in [3.8, 4) is 0 Å². The molecule has 29 heavy (non-hydrogen) atoms. The highest BCUT2D eigenvalue weighted by Gasteiger charge is 2.32. The molecule has 1 unspecified atom stereocenters. The first-order valence-electron chi connectivity index (χ1n) is 10.5. The molecule has 3 rings (SSSR count). The molecule has 1 fully saturated rings. The fourth-order valence-corrected chi connectivity index (χ4v) is 4.10. The fourth-order valence-electron chi connectivity index (χ4n) is 4.10. The molecule has 1 saturated heterocycles. The summed E-state index contributed by atoms with van der Waals surface area (Å²) in [6.45, 7) is 10.9. The van der Waals surface area contributed by atoms with Crippen LogP contribution in [0, 0.1) is 0 Å². The fraction of sp³-hybridized carbons (Fsp3) is 0.636. The Morgan fingerprint density at radius 2 is 2.00 bits per heavy atom. The summed E-state index contributed by atoms with van der Waals surface area (Å²) in [4.78, 5) is 20.8. The van der Waals surface area contributed by atoms with E-state index < -0.39 is 0 Å². The van der Waals surface area contributed by atoms with Gasteiger partial charge in [-0.3, -0.25) is 9.79 Å². The highest BCUT2D eigenvalue weighted by Crippen LogP contribution is 2.38. The van der Waals surface area contributed by atoms with Gasteiger partial charge in [-0.15, -0.1) is 24.0 Å². The number of para-hydroxylation sites is 1. The molecule has 0 bridgehead atoms. The number of aliphatic imine (C=N–C) groups is 1. The van der Waals surface area contributed by atoms with Crippen LogP contribution in [0.25, 0.3) is 0 Å². The third-order valence-electron chi connectivity index (χ3n) is 5.52. The zero-order valence-corrected chi connectivity index (χ0v) is 20.5. The highest BCUT2D eigenvalue weighted by molar-refractivity contribution is 14.0. The van der Waals surface area contributed by atoms with E-state index in [1.807, 2.05) is 11.9 Å². The van der Waals surface area contributed by atoms with Gasteiger partial charge in [0.05, 0.1) is 0 Å². The van der Waals surface area contributed by atoms with Crippen molar-refractivity contribution >= 4 is 41.5 Å². The number of carbonyl (C=O) groups is 1. The Hall–Kier alpha value is -1.35. The molecule has 0 radical (unpaired) electrons. The van der Waals surface area contributed by atoms with Crippen LogP contribution in [0.5, 0.6) is 0 Å². The average molecular weight is 513 g/mol. The number of fused-ring (bicyclic) bond motifs is 1. The molecule has 1 amide bonds. The lowest BCUT2D eigenvalue weighted by Gasteiger charge is -2.25. The Morgan fingerprint density at radius 3 is 2.66 bits per heavy atom.